The summed E-state index contributed by atoms with van der Waals surface area (Å²) >= 11 is 2.18. The van der Waals surface area contributed by atoms with Gasteiger partial charge in [0.1, 0.15) is 0 Å². The lowest BCUT2D eigenvalue weighted by molar-refractivity contribution is 0.439. The molecule has 0 amide bonds. The molecule has 0 aliphatic rings. The van der Waals surface area contributed by atoms with Gasteiger partial charge < -0.3 is 0 Å². The molecule has 0 bridgehead atoms. The zero-order valence-corrected chi connectivity index (χ0v) is 12.5. The van der Waals surface area contributed by atoms with Crippen LogP contribution in [0.5, 0.6) is 0 Å². The van der Waals surface area contributed by atoms with Crippen LogP contribution in [0.2, 0.25) is 0 Å². The molecule has 0 spiro atoms. The van der Waals surface area contributed by atoms with Crippen molar-refractivity contribution in [3.63, 3.8) is 0 Å². The molecule has 2 aromatic rings. The van der Waals surface area contributed by atoms with Crippen molar-refractivity contribution < 1.29 is 13.2 Å². The average molecular weight is 392 g/mol. The molecule has 2 rings (SSSR count). The SMILES string of the molecule is NNC(Cc1ccc(I)cc1)c1cc(F)c(F)c(F)c1. The number of nitrogens with two attached hydrogens (primary N) is 1. The van der Waals surface area contributed by atoms with Crippen molar-refractivity contribution in [2.75, 3.05) is 0 Å². The van der Waals surface area contributed by atoms with E-state index < -0.39 is 23.5 Å². The molecule has 0 saturated carbocycles. The van der Waals surface area contributed by atoms with Gasteiger partial charge in [0.2, 0.25) is 0 Å². The third kappa shape index (κ3) is 3.50. The van der Waals surface area contributed by atoms with Gasteiger partial charge in [-0.15, -0.1) is 0 Å². The fraction of sp³-hybridized carbons (Fsp3) is 0.143. The molecule has 0 radical (unpaired) electrons. The van der Waals surface area contributed by atoms with E-state index in [2.05, 4.69) is 28.0 Å². The molecule has 0 saturated heterocycles. The summed E-state index contributed by atoms with van der Waals surface area (Å²) in [7, 11) is 0. The van der Waals surface area contributed by atoms with Crippen molar-refractivity contribution in [2.45, 2.75) is 12.5 Å². The van der Waals surface area contributed by atoms with E-state index >= 15 is 0 Å². The lowest BCUT2D eigenvalue weighted by atomic mass is 9.99. The molecule has 6 heteroatoms. The summed E-state index contributed by atoms with van der Waals surface area (Å²) in [5.74, 6) is 1.52. The smallest absolute Gasteiger partial charge is 0.194 e. The van der Waals surface area contributed by atoms with Crippen LogP contribution in [0.1, 0.15) is 17.2 Å². The van der Waals surface area contributed by atoms with E-state index in [9.17, 15) is 13.2 Å². The van der Waals surface area contributed by atoms with Crippen LogP contribution < -0.4 is 11.3 Å². The highest BCUT2D eigenvalue weighted by molar-refractivity contribution is 14.1. The summed E-state index contributed by atoms with van der Waals surface area (Å²) in [5, 5.41) is 0. The first-order chi connectivity index (χ1) is 9.51. The van der Waals surface area contributed by atoms with Crippen LogP contribution in [0, 0.1) is 21.0 Å². The fourth-order valence-electron chi connectivity index (χ4n) is 1.91. The third-order valence-corrected chi connectivity index (χ3v) is 3.68. The predicted molar refractivity (Wildman–Crippen MR) is 79.2 cm³/mol. The summed E-state index contributed by atoms with van der Waals surface area (Å²) in [6.07, 6.45) is 0.442. The van der Waals surface area contributed by atoms with Crippen LogP contribution in [0.4, 0.5) is 13.2 Å². The number of hydrogen-bond donors (Lipinski definition) is 2. The number of benzene rings is 2. The Labute approximate surface area is 128 Å². The molecule has 0 aliphatic heterocycles. The molecule has 20 heavy (non-hydrogen) atoms. The molecule has 0 aliphatic carbocycles. The summed E-state index contributed by atoms with van der Waals surface area (Å²) in [5.41, 5.74) is 3.72. The normalized spacial score (nSPS) is 12.4. The van der Waals surface area contributed by atoms with Crippen molar-refractivity contribution >= 4 is 22.6 Å². The first-order valence-electron chi connectivity index (χ1n) is 5.86. The Morgan fingerprint density at radius 3 is 2.10 bits per heavy atom. The molecule has 0 aromatic heterocycles. The second-order valence-corrected chi connectivity index (χ2v) is 5.59. The summed E-state index contributed by atoms with van der Waals surface area (Å²) < 4.78 is 40.5. The van der Waals surface area contributed by atoms with Gasteiger partial charge in [0.25, 0.3) is 0 Å². The van der Waals surface area contributed by atoms with E-state index in [4.69, 9.17) is 5.84 Å². The largest absolute Gasteiger partial charge is 0.271 e. The Balaban J connectivity index is 2.26. The minimum absolute atomic E-state index is 0.266. The van der Waals surface area contributed by atoms with Crippen LogP contribution in [-0.2, 0) is 6.42 Å². The Hall–Kier alpha value is -1.12. The van der Waals surface area contributed by atoms with Gasteiger partial charge >= 0.3 is 0 Å². The topological polar surface area (TPSA) is 38.0 Å². The average Bonchev–Trinajstić information content (AvgIpc) is 2.43. The lowest BCUT2D eigenvalue weighted by Gasteiger charge is -2.17. The van der Waals surface area contributed by atoms with Crippen LogP contribution in [-0.4, -0.2) is 0 Å². The van der Waals surface area contributed by atoms with E-state index in [-0.39, 0.29) is 5.56 Å². The zero-order valence-electron chi connectivity index (χ0n) is 10.3. The summed E-state index contributed by atoms with van der Waals surface area (Å²) in [4.78, 5) is 0. The molecular weight excluding hydrogens is 380 g/mol. The standard InChI is InChI=1S/C14H12F3IN2/c15-11-6-9(7-12(16)14(11)17)13(20-19)5-8-1-3-10(18)4-2-8/h1-4,6-7,13,20H,5,19H2. The first kappa shape index (κ1) is 15.3. The molecule has 0 fully saturated rings. The molecule has 106 valence electrons. The van der Waals surface area contributed by atoms with Crippen LogP contribution in [0.25, 0.3) is 0 Å². The zero-order chi connectivity index (χ0) is 14.7. The van der Waals surface area contributed by atoms with Crippen molar-refractivity contribution in [1.82, 2.24) is 5.43 Å². The van der Waals surface area contributed by atoms with E-state index in [0.29, 0.717) is 6.42 Å². The van der Waals surface area contributed by atoms with E-state index in [1.807, 2.05) is 24.3 Å². The molecule has 1 unspecified atom stereocenters. The van der Waals surface area contributed by atoms with Gasteiger partial charge in [-0.3, -0.25) is 11.3 Å². The molecule has 2 aromatic carbocycles. The maximum absolute atomic E-state index is 13.2. The van der Waals surface area contributed by atoms with Gasteiger partial charge in [-0.1, -0.05) is 12.1 Å². The highest BCUT2D eigenvalue weighted by Crippen LogP contribution is 2.22. The summed E-state index contributed by atoms with van der Waals surface area (Å²) in [6.45, 7) is 0. The van der Waals surface area contributed by atoms with E-state index in [0.717, 1.165) is 21.3 Å². The Kier molecular flexibility index (Phi) is 5.00. The molecule has 3 N–H and O–H groups in total. The fourth-order valence-corrected chi connectivity index (χ4v) is 2.27. The van der Waals surface area contributed by atoms with Crippen LogP contribution >= 0.6 is 22.6 Å². The monoisotopic (exact) mass is 392 g/mol. The van der Waals surface area contributed by atoms with Crippen LogP contribution in [0.3, 0.4) is 0 Å². The predicted octanol–water partition coefficient (Wildman–Crippen LogP) is 3.46. The maximum atomic E-state index is 13.2. The molecule has 2 nitrogen and oxygen atoms in total. The molecule has 1 atom stereocenters. The van der Waals surface area contributed by atoms with Gasteiger partial charge in [0.05, 0.1) is 6.04 Å². The second-order valence-electron chi connectivity index (χ2n) is 4.35. The van der Waals surface area contributed by atoms with Crippen molar-refractivity contribution in [3.8, 4) is 0 Å². The molecular formula is C14H12F3IN2. The third-order valence-electron chi connectivity index (χ3n) is 2.96. The lowest BCUT2D eigenvalue weighted by Crippen LogP contribution is -2.29. The highest BCUT2D eigenvalue weighted by atomic mass is 127. The van der Waals surface area contributed by atoms with Gasteiger partial charge in [0, 0.05) is 3.57 Å². The number of rotatable bonds is 4. The highest BCUT2D eigenvalue weighted by Gasteiger charge is 2.17. The number of nitrogens with one attached hydrogen (secondary N) is 1. The van der Waals surface area contributed by atoms with Crippen molar-refractivity contribution in [1.29, 1.82) is 0 Å². The Morgan fingerprint density at radius 1 is 1.05 bits per heavy atom. The summed E-state index contributed by atoms with van der Waals surface area (Å²) in [6, 6.07) is 9.07. The minimum Gasteiger partial charge on any atom is -0.271 e. The minimum atomic E-state index is -1.47. The Morgan fingerprint density at radius 2 is 1.60 bits per heavy atom. The second kappa shape index (κ2) is 6.55. The van der Waals surface area contributed by atoms with Crippen molar-refractivity contribution in [3.05, 3.63) is 68.5 Å². The number of hydrazine groups is 1. The van der Waals surface area contributed by atoms with Crippen molar-refractivity contribution in [2.24, 2.45) is 5.84 Å². The maximum Gasteiger partial charge on any atom is 0.194 e. The first-order valence-corrected chi connectivity index (χ1v) is 6.94. The van der Waals surface area contributed by atoms with Gasteiger partial charge in [0.15, 0.2) is 17.5 Å². The number of hydrogen-bond acceptors (Lipinski definition) is 2. The Bertz CT molecular complexity index is 579. The van der Waals surface area contributed by atoms with E-state index in [1.165, 1.54) is 0 Å². The van der Waals surface area contributed by atoms with Gasteiger partial charge in [-0.2, -0.15) is 0 Å². The van der Waals surface area contributed by atoms with E-state index in [1.54, 1.807) is 0 Å². The van der Waals surface area contributed by atoms with Gasteiger partial charge in [-0.25, -0.2) is 13.2 Å². The quantitative estimate of drug-likeness (QED) is 0.362. The van der Waals surface area contributed by atoms with Crippen LogP contribution in [0.15, 0.2) is 36.4 Å². The molecule has 0 heterocycles. The number of halogens is 4. The van der Waals surface area contributed by atoms with Gasteiger partial charge in [-0.05, 0) is 64.4 Å².